The number of nitrogens with one attached hydrogen (secondary N) is 1. The van der Waals surface area contributed by atoms with Crippen molar-refractivity contribution in [3.05, 3.63) is 87.8 Å². The van der Waals surface area contributed by atoms with Crippen LogP contribution < -0.4 is 10.3 Å². The molecule has 3 heterocycles. The van der Waals surface area contributed by atoms with E-state index in [1.165, 1.54) is 4.52 Å². The molecule has 7 heteroatoms. The van der Waals surface area contributed by atoms with E-state index in [1.54, 1.807) is 12.0 Å². The highest BCUT2D eigenvalue weighted by Crippen LogP contribution is 2.23. The minimum atomic E-state index is -0.156. The van der Waals surface area contributed by atoms with Crippen molar-refractivity contribution in [1.82, 2.24) is 19.5 Å². The summed E-state index contributed by atoms with van der Waals surface area (Å²) in [5.74, 6) is 0.789. The summed E-state index contributed by atoms with van der Waals surface area (Å²) in [5, 5.41) is 3.15. The number of ether oxygens (including phenoxy) is 1. The van der Waals surface area contributed by atoms with Gasteiger partial charge in [-0.2, -0.15) is 0 Å². The van der Waals surface area contributed by atoms with Crippen LogP contribution in [-0.4, -0.2) is 39.1 Å². The van der Waals surface area contributed by atoms with E-state index in [4.69, 9.17) is 9.72 Å². The zero-order chi connectivity index (χ0) is 21.4. The fraction of sp³-hybridized carbons (Fsp3) is 0.208. The predicted molar refractivity (Wildman–Crippen MR) is 117 cm³/mol. The molecule has 156 valence electrons. The van der Waals surface area contributed by atoms with Crippen LogP contribution in [0.2, 0.25) is 0 Å². The van der Waals surface area contributed by atoms with Gasteiger partial charge >= 0.3 is 0 Å². The summed E-state index contributed by atoms with van der Waals surface area (Å²) < 4.78 is 6.67. The molecule has 7 nitrogen and oxygen atoms in total. The van der Waals surface area contributed by atoms with Gasteiger partial charge in [-0.1, -0.05) is 30.3 Å². The summed E-state index contributed by atoms with van der Waals surface area (Å²) in [6, 6.07) is 19.1. The normalized spacial score (nSPS) is 13.3. The number of fused-ring (bicyclic) bond motifs is 2. The first-order chi connectivity index (χ1) is 15.1. The van der Waals surface area contributed by atoms with Crippen molar-refractivity contribution in [2.24, 2.45) is 0 Å². The lowest BCUT2D eigenvalue weighted by molar-refractivity contribution is -0.131. The molecular formula is C24H22N4O3. The summed E-state index contributed by atoms with van der Waals surface area (Å²) >= 11 is 0. The number of carbonyl (C=O) groups excluding carboxylic acids is 1. The molecule has 5 rings (SSSR count). The van der Waals surface area contributed by atoms with Crippen LogP contribution in [0.3, 0.4) is 0 Å². The Kier molecular flexibility index (Phi) is 4.78. The van der Waals surface area contributed by atoms with Crippen LogP contribution in [0.5, 0.6) is 5.75 Å². The van der Waals surface area contributed by atoms with E-state index < -0.39 is 0 Å². The maximum absolute atomic E-state index is 13.2. The topological polar surface area (TPSA) is 79.7 Å². The number of carbonyl (C=O) groups is 1. The molecule has 0 unspecified atom stereocenters. The SMILES string of the molecule is COc1ccc(-c2cc3nc4c(c(=O)n3[nH]2)CN(C(=O)Cc2ccccc2)CC4)cc1. The van der Waals surface area contributed by atoms with E-state index in [0.717, 1.165) is 28.3 Å². The molecule has 1 aliphatic heterocycles. The predicted octanol–water partition coefficient (Wildman–Crippen LogP) is 2.83. The van der Waals surface area contributed by atoms with Crippen molar-refractivity contribution in [1.29, 1.82) is 0 Å². The monoisotopic (exact) mass is 414 g/mol. The number of hydrogen-bond acceptors (Lipinski definition) is 4. The highest BCUT2D eigenvalue weighted by Gasteiger charge is 2.25. The third-order valence-corrected chi connectivity index (χ3v) is 5.71. The molecule has 0 saturated heterocycles. The van der Waals surface area contributed by atoms with E-state index >= 15 is 0 Å². The Bertz CT molecular complexity index is 1310. The van der Waals surface area contributed by atoms with Crippen LogP contribution in [0.4, 0.5) is 0 Å². The first-order valence-electron chi connectivity index (χ1n) is 10.2. The van der Waals surface area contributed by atoms with E-state index in [2.05, 4.69) is 5.10 Å². The van der Waals surface area contributed by atoms with Crippen LogP contribution in [-0.2, 0) is 24.2 Å². The Labute approximate surface area is 178 Å². The van der Waals surface area contributed by atoms with Crippen molar-refractivity contribution in [2.75, 3.05) is 13.7 Å². The van der Waals surface area contributed by atoms with Crippen molar-refractivity contribution in [2.45, 2.75) is 19.4 Å². The van der Waals surface area contributed by atoms with Crippen molar-refractivity contribution >= 4 is 11.6 Å². The van der Waals surface area contributed by atoms with Gasteiger partial charge in [-0.25, -0.2) is 9.50 Å². The zero-order valence-corrected chi connectivity index (χ0v) is 17.2. The van der Waals surface area contributed by atoms with Gasteiger partial charge in [0.1, 0.15) is 5.75 Å². The maximum atomic E-state index is 13.2. The van der Waals surface area contributed by atoms with Gasteiger partial charge in [0, 0.05) is 19.0 Å². The number of amides is 1. The highest BCUT2D eigenvalue weighted by molar-refractivity contribution is 5.79. The number of aromatic amines is 1. The minimum absolute atomic E-state index is 0.0201. The van der Waals surface area contributed by atoms with E-state index in [0.29, 0.717) is 30.6 Å². The molecule has 0 saturated carbocycles. The van der Waals surface area contributed by atoms with E-state index in [9.17, 15) is 9.59 Å². The van der Waals surface area contributed by atoms with Gasteiger partial charge in [0.05, 0.1) is 37.0 Å². The lowest BCUT2D eigenvalue weighted by Crippen LogP contribution is -2.40. The van der Waals surface area contributed by atoms with E-state index in [1.807, 2.05) is 60.7 Å². The molecule has 0 radical (unpaired) electrons. The fourth-order valence-corrected chi connectivity index (χ4v) is 3.99. The van der Waals surface area contributed by atoms with Gasteiger partial charge in [0.25, 0.3) is 5.56 Å². The maximum Gasteiger partial charge on any atom is 0.277 e. The zero-order valence-electron chi connectivity index (χ0n) is 17.2. The third-order valence-electron chi connectivity index (χ3n) is 5.71. The molecule has 0 fully saturated rings. The first-order valence-corrected chi connectivity index (χ1v) is 10.2. The van der Waals surface area contributed by atoms with Crippen molar-refractivity contribution < 1.29 is 9.53 Å². The molecule has 4 aromatic rings. The minimum Gasteiger partial charge on any atom is -0.497 e. The summed E-state index contributed by atoms with van der Waals surface area (Å²) in [5.41, 5.74) is 4.48. The van der Waals surface area contributed by atoms with Gasteiger partial charge < -0.3 is 9.64 Å². The van der Waals surface area contributed by atoms with Crippen molar-refractivity contribution in [3.63, 3.8) is 0 Å². The van der Waals surface area contributed by atoms with E-state index in [-0.39, 0.29) is 18.0 Å². The Morgan fingerprint density at radius 1 is 1.13 bits per heavy atom. The molecular weight excluding hydrogens is 392 g/mol. The number of aromatic nitrogens is 3. The second-order valence-corrected chi connectivity index (χ2v) is 7.66. The van der Waals surface area contributed by atoms with Crippen LogP contribution in [0, 0.1) is 0 Å². The summed E-state index contributed by atoms with van der Waals surface area (Å²) in [6.45, 7) is 0.851. The lowest BCUT2D eigenvalue weighted by Gasteiger charge is -2.27. The summed E-state index contributed by atoms with van der Waals surface area (Å²) in [4.78, 5) is 32.4. The molecule has 31 heavy (non-hydrogen) atoms. The van der Waals surface area contributed by atoms with Gasteiger partial charge in [0.15, 0.2) is 5.65 Å². The largest absolute Gasteiger partial charge is 0.497 e. The van der Waals surface area contributed by atoms with Crippen LogP contribution in [0.25, 0.3) is 16.9 Å². The first kappa shape index (κ1) is 19.1. The average molecular weight is 414 g/mol. The molecule has 0 atom stereocenters. The van der Waals surface area contributed by atoms with Gasteiger partial charge in [0.2, 0.25) is 5.91 Å². The van der Waals surface area contributed by atoms with Gasteiger partial charge in [-0.05, 0) is 35.4 Å². The number of benzene rings is 2. The number of rotatable bonds is 4. The standard InChI is InChI=1S/C24H22N4O3/c1-31-18-9-7-17(8-10-18)21-14-22-25-20-11-12-27(15-19(20)24(30)28(22)26-21)23(29)13-16-5-3-2-4-6-16/h2-10,14,26H,11-13,15H2,1H3. The highest BCUT2D eigenvalue weighted by atomic mass is 16.5. The van der Waals surface area contributed by atoms with Gasteiger partial charge in [-0.3, -0.25) is 14.7 Å². The second-order valence-electron chi connectivity index (χ2n) is 7.66. The number of hydrogen-bond donors (Lipinski definition) is 1. The van der Waals surface area contributed by atoms with Crippen LogP contribution in [0.1, 0.15) is 16.8 Å². The summed E-state index contributed by atoms with van der Waals surface area (Å²) in [7, 11) is 1.62. The Morgan fingerprint density at radius 3 is 2.65 bits per heavy atom. The second kappa shape index (κ2) is 7.75. The van der Waals surface area contributed by atoms with Gasteiger partial charge in [-0.15, -0.1) is 0 Å². The molecule has 0 aliphatic carbocycles. The van der Waals surface area contributed by atoms with Crippen LogP contribution in [0.15, 0.2) is 65.5 Å². The number of nitrogens with zero attached hydrogens (tertiary/aromatic N) is 3. The number of H-pyrrole nitrogens is 1. The molecule has 0 bridgehead atoms. The Hall–Kier alpha value is -3.87. The Morgan fingerprint density at radius 2 is 1.90 bits per heavy atom. The fourth-order valence-electron chi connectivity index (χ4n) is 3.99. The third kappa shape index (κ3) is 3.59. The molecule has 2 aromatic carbocycles. The number of methoxy groups -OCH3 is 1. The van der Waals surface area contributed by atoms with Crippen molar-refractivity contribution in [3.8, 4) is 17.0 Å². The van der Waals surface area contributed by atoms with Crippen LogP contribution >= 0.6 is 0 Å². The quantitative estimate of drug-likeness (QED) is 0.557. The molecule has 0 spiro atoms. The lowest BCUT2D eigenvalue weighted by atomic mass is 10.1. The molecule has 1 aliphatic rings. The average Bonchev–Trinajstić information content (AvgIpc) is 3.24. The smallest absolute Gasteiger partial charge is 0.277 e. The summed E-state index contributed by atoms with van der Waals surface area (Å²) in [6.07, 6.45) is 0.905. The molecule has 1 amide bonds. The molecule has 2 aromatic heterocycles. The molecule has 1 N–H and O–H groups in total. The Balaban J connectivity index is 1.44.